The number of hydrogen-bond donors (Lipinski definition) is 0. The van der Waals surface area contributed by atoms with Crippen molar-refractivity contribution < 1.29 is 9.47 Å². The number of aromatic nitrogens is 3. The molecule has 108 valence electrons. The summed E-state index contributed by atoms with van der Waals surface area (Å²) < 4.78 is 12.7. The van der Waals surface area contributed by atoms with Crippen molar-refractivity contribution in [1.82, 2.24) is 15.0 Å². The summed E-state index contributed by atoms with van der Waals surface area (Å²) in [5.74, 6) is 1.59. The van der Waals surface area contributed by atoms with Crippen molar-refractivity contribution in [3.8, 4) is 11.5 Å². The molecular formula is C15H21N3O2. The van der Waals surface area contributed by atoms with Crippen LogP contribution in [-0.4, -0.2) is 28.7 Å². The average molecular weight is 275 g/mol. The van der Waals surface area contributed by atoms with E-state index in [2.05, 4.69) is 23.3 Å². The molecule has 2 aromatic rings. The standard InChI is InChI=1S/C15H21N3O2/c1-4-9-20-14-8-6-12(10-15(14)19-3)5-7-13-11-18(2)17-16-13/h6,8,10-11H,4-5,7,9H2,1-3H3. The minimum absolute atomic E-state index is 0.704. The minimum Gasteiger partial charge on any atom is -0.493 e. The lowest BCUT2D eigenvalue weighted by Gasteiger charge is -2.11. The van der Waals surface area contributed by atoms with Crippen LogP contribution >= 0.6 is 0 Å². The lowest BCUT2D eigenvalue weighted by atomic mass is 10.1. The molecule has 0 aliphatic rings. The summed E-state index contributed by atoms with van der Waals surface area (Å²) in [5.41, 5.74) is 2.20. The van der Waals surface area contributed by atoms with Crippen molar-refractivity contribution in [1.29, 1.82) is 0 Å². The molecule has 2 rings (SSSR count). The van der Waals surface area contributed by atoms with E-state index in [0.29, 0.717) is 6.61 Å². The van der Waals surface area contributed by atoms with E-state index < -0.39 is 0 Å². The molecule has 5 heteroatoms. The van der Waals surface area contributed by atoms with E-state index in [0.717, 1.165) is 36.5 Å². The van der Waals surface area contributed by atoms with Gasteiger partial charge in [-0.2, -0.15) is 0 Å². The van der Waals surface area contributed by atoms with Crippen LogP contribution in [0.4, 0.5) is 0 Å². The van der Waals surface area contributed by atoms with Gasteiger partial charge in [0.05, 0.1) is 19.4 Å². The summed E-state index contributed by atoms with van der Waals surface area (Å²) in [6.45, 7) is 2.79. The van der Waals surface area contributed by atoms with Gasteiger partial charge >= 0.3 is 0 Å². The highest BCUT2D eigenvalue weighted by Crippen LogP contribution is 2.28. The first-order valence-corrected chi connectivity index (χ1v) is 6.88. The second-order valence-electron chi connectivity index (χ2n) is 4.72. The quantitative estimate of drug-likeness (QED) is 0.778. The molecule has 0 radical (unpaired) electrons. The van der Waals surface area contributed by atoms with Crippen LogP contribution in [0.15, 0.2) is 24.4 Å². The molecule has 0 fully saturated rings. The molecular weight excluding hydrogens is 254 g/mol. The lowest BCUT2D eigenvalue weighted by Crippen LogP contribution is -1.99. The maximum Gasteiger partial charge on any atom is 0.161 e. The lowest BCUT2D eigenvalue weighted by molar-refractivity contribution is 0.294. The largest absolute Gasteiger partial charge is 0.493 e. The molecule has 0 atom stereocenters. The fourth-order valence-corrected chi connectivity index (χ4v) is 1.98. The van der Waals surface area contributed by atoms with E-state index in [1.807, 2.05) is 25.4 Å². The molecule has 5 nitrogen and oxygen atoms in total. The Labute approximate surface area is 119 Å². The van der Waals surface area contributed by atoms with Gasteiger partial charge in [0, 0.05) is 13.2 Å². The van der Waals surface area contributed by atoms with Crippen LogP contribution in [-0.2, 0) is 19.9 Å². The molecule has 0 bridgehead atoms. The van der Waals surface area contributed by atoms with E-state index >= 15 is 0 Å². The highest BCUT2D eigenvalue weighted by atomic mass is 16.5. The second kappa shape index (κ2) is 6.93. The fourth-order valence-electron chi connectivity index (χ4n) is 1.98. The Hall–Kier alpha value is -2.04. The number of ether oxygens (including phenoxy) is 2. The minimum atomic E-state index is 0.704. The normalized spacial score (nSPS) is 10.6. The van der Waals surface area contributed by atoms with Crippen LogP contribution in [0.1, 0.15) is 24.6 Å². The molecule has 0 N–H and O–H groups in total. The van der Waals surface area contributed by atoms with Crippen molar-refractivity contribution in [3.05, 3.63) is 35.7 Å². The van der Waals surface area contributed by atoms with Gasteiger partial charge in [-0.15, -0.1) is 5.10 Å². The zero-order chi connectivity index (χ0) is 14.4. The fraction of sp³-hybridized carbons (Fsp3) is 0.467. The van der Waals surface area contributed by atoms with Crippen molar-refractivity contribution in [2.45, 2.75) is 26.2 Å². The average Bonchev–Trinajstić information content (AvgIpc) is 2.89. The smallest absolute Gasteiger partial charge is 0.161 e. The van der Waals surface area contributed by atoms with Crippen molar-refractivity contribution >= 4 is 0 Å². The van der Waals surface area contributed by atoms with Gasteiger partial charge < -0.3 is 9.47 Å². The Morgan fingerprint density at radius 1 is 1.20 bits per heavy atom. The number of hydrogen-bond acceptors (Lipinski definition) is 4. The molecule has 0 saturated carbocycles. The van der Waals surface area contributed by atoms with Crippen molar-refractivity contribution in [3.63, 3.8) is 0 Å². The molecule has 0 spiro atoms. The van der Waals surface area contributed by atoms with Gasteiger partial charge in [-0.05, 0) is 37.0 Å². The number of rotatable bonds is 7. The summed E-state index contributed by atoms with van der Waals surface area (Å²) in [6, 6.07) is 6.08. The molecule has 0 aliphatic heterocycles. The predicted molar refractivity (Wildman–Crippen MR) is 77.2 cm³/mol. The number of nitrogens with zero attached hydrogens (tertiary/aromatic N) is 3. The number of methoxy groups -OCH3 is 1. The Bertz CT molecular complexity index is 552. The third-order valence-electron chi connectivity index (χ3n) is 3.01. The van der Waals surface area contributed by atoms with E-state index in [9.17, 15) is 0 Å². The molecule has 0 saturated heterocycles. The van der Waals surface area contributed by atoms with E-state index in [1.165, 1.54) is 5.56 Å². The van der Waals surface area contributed by atoms with Gasteiger partial charge in [0.2, 0.25) is 0 Å². The van der Waals surface area contributed by atoms with Crippen LogP contribution in [0.5, 0.6) is 11.5 Å². The van der Waals surface area contributed by atoms with Gasteiger partial charge in [0.15, 0.2) is 11.5 Å². The summed E-state index contributed by atoms with van der Waals surface area (Å²) in [5, 5.41) is 8.02. The third-order valence-corrected chi connectivity index (χ3v) is 3.01. The molecule has 1 heterocycles. The van der Waals surface area contributed by atoms with Crippen LogP contribution in [0.2, 0.25) is 0 Å². The summed E-state index contributed by atoms with van der Waals surface area (Å²) in [7, 11) is 3.54. The Morgan fingerprint density at radius 2 is 2.05 bits per heavy atom. The van der Waals surface area contributed by atoms with E-state index in [-0.39, 0.29) is 0 Å². The van der Waals surface area contributed by atoms with Crippen molar-refractivity contribution in [2.75, 3.05) is 13.7 Å². The number of aryl methyl sites for hydroxylation is 3. The first-order chi connectivity index (χ1) is 9.72. The van der Waals surface area contributed by atoms with Crippen LogP contribution < -0.4 is 9.47 Å². The monoisotopic (exact) mass is 275 g/mol. The summed E-state index contributed by atoms with van der Waals surface area (Å²) in [6.07, 6.45) is 4.70. The first kappa shape index (κ1) is 14.4. The molecule has 0 amide bonds. The molecule has 20 heavy (non-hydrogen) atoms. The van der Waals surface area contributed by atoms with Gasteiger partial charge in [0.1, 0.15) is 0 Å². The molecule has 1 aromatic heterocycles. The highest BCUT2D eigenvalue weighted by molar-refractivity contribution is 5.43. The Kier molecular flexibility index (Phi) is 4.98. The highest BCUT2D eigenvalue weighted by Gasteiger charge is 2.06. The summed E-state index contributed by atoms with van der Waals surface area (Å²) in [4.78, 5) is 0. The summed E-state index contributed by atoms with van der Waals surface area (Å²) >= 11 is 0. The first-order valence-electron chi connectivity index (χ1n) is 6.88. The van der Waals surface area contributed by atoms with Gasteiger partial charge in [0.25, 0.3) is 0 Å². The maximum absolute atomic E-state index is 5.65. The van der Waals surface area contributed by atoms with Gasteiger partial charge in [-0.3, -0.25) is 4.68 Å². The zero-order valence-electron chi connectivity index (χ0n) is 12.3. The Balaban J connectivity index is 2.01. The van der Waals surface area contributed by atoms with Crippen LogP contribution in [0, 0.1) is 0 Å². The van der Waals surface area contributed by atoms with Gasteiger partial charge in [-0.1, -0.05) is 18.2 Å². The van der Waals surface area contributed by atoms with E-state index in [4.69, 9.17) is 9.47 Å². The zero-order valence-corrected chi connectivity index (χ0v) is 12.3. The maximum atomic E-state index is 5.65. The topological polar surface area (TPSA) is 49.2 Å². The van der Waals surface area contributed by atoms with Gasteiger partial charge in [-0.25, -0.2) is 0 Å². The predicted octanol–water partition coefficient (Wildman–Crippen LogP) is 2.40. The molecule has 0 unspecified atom stereocenters. The van der Waals surface area contributed by atoms with E-state index in [1.54, 1.807) is 11.8 Å². The Morgan fingerprint density at radius 3 is 2.70 bits per heavy atom. The van der Waals surface area contributed by atoms with Crippen molar-refractivity contribution in [2.24, 2.45) is 7.05 Å². The van der Waals surface area contributed by atoms with Crippen LogP contribution in [0.3, 0.4) is 0 Å². The molecule has 1 aromatic carbocycles. The second-order valence-corrected chi connectivity index (χ2v) is 4.72. The third kappa shape index (κ3) is 3.73. The SMILES string of the molecule is CCCOc1ccc(CCc2cn(C)nn2)cc1OC. The molecule has 0 aliphatic carbocycles. The number of benzene rings is 1. The van der Waals surface area contributed by atoms with Crippen LogP contribution in [0.25, 0.3) is 0 Å².